The largest absolute Gasteiger partial charge is 0.490 e. The van der Waals surface area contributed by atoms with Crippen LogP contribution in [-0.2, 0) is 20.8 Å². The van der Waals surface area contributed by atoms with E-state index in [2.05, 4.69) is 0 Å². The maximum absolute atomic E-state index is 11.6. The van der Waals surface area contributed by atoms with E-state index in [0.717, 1.165) is 10.6 Å². The van der Waals surface area contributed by atoms with Crippen LogP contribution in [0.3, 0.4) is 0 Å². The van der Waals surface area contributed by atoms with Gasteiger partial charge < -0.3 is 10.8 Å². The van der Waals surface area contributed by atoms with Gasteiger partial charge in [-0.1, -0.05) is 30.3 Å². The smallest absolute Gasteiger partial charge is 0.475 e. The molecule has 1 rings (SSSR count). The van der Waals surface area contributed by atoms with E-state index in [1.165, 1.54) is 7.11 Å². The number of carboxylic acid groups (broad SMARTS) is 1. The zero-order valence-electron chi connectivity index (χ0n) is 12.0. The molecule has 1 aromatic carbocycles. The Balaban J connectivity index is 0.000000534. The van der Waals surface area contributed by atoms with Crippen LogP contribution >= 0.6 is 0 Å². The van der Waals surface area contributed by atoms with Crippen molar-refractivity contribution in [3.63, 3.8) is 0 Å². The first-order valence-electron chi connectivity index (χ1n) is 6.00. The summed E-state index contributed by atoms with van der Waals surface area (Å²) in [5, 5.41) is 8.27. The minimum atomic E-state index is -5.08. The first kappa shape index (κ1) is 19.9. The molecule has 0 aliphatic carbocycles. The third-order valence-corrected chi connectivity index (χ3v) is 2.44. The minimum Gasteiger partial charge on any atom is -0.475 e. The predicted molar refractivity (Wildman–Crippen MR) is 71.6 cm³/mol. The van der Waals surface area contributed by atoms with Crippen molar-refractivity contribution in [1.82, 2.24) is 5.06 Å². The van der Waals surface area contributed by atoms with Crippen LogP contribution in [0.15, 0.2) is 30.3 Å². The summed E-state index contributed by atoms with van der Waals surface area (Å²) in [7, 11) is 2.99. The molecule has 0 aromatic heterocycles. The molecule has 0 spiro atoms. The van der Waals surface area contributed by atoms with E-state index >= 15 is 0 Å². The van der Waals surface area contributed by atoms with E-state index in [0.29, 0.717) is 6.42 Å². The van der Waals surface area contributed by atoms with Crippen molar-refractivity contribution in [2.75, 3.05) is 14.2 Å². The normalized spacial score (nSPS) is 11.9. The molecule has 1 amide bonds. The summed E-state index contributed by atoms with van der Waals surface area (Å²) in [6, 6.07) is 9.11. The quantitative estimate of drug-likeness (QED) is 0.813. The van der Waals surface area contributed by atoms with E-state index in [-0.39, 0.29) is 5.91 Å². The summed E-state index contributed by atoms with van der Waals surface area (Å²) >= 11 is 0. The summed E-state index contributed by atoms with van der Waals surface area (Å²) in [6.45, 7) is 0. The van der Waals surface area contributed by atoms with Crippen molar-refractivity contribution in [2.24, 2.45) is 5.73 Å². The second-order valence-corrected chi connectivity index (χ2v) is 4.12. The highest BCUT2D eigenvalue weighted by Gasteiger charge is 2.38. The molecule has 0 saturated heterocycles. The van der Waals surface area contributed by atoms with Gasteiger partial charge in [-0.25, -0.2) is 9.86 Å². The molecule has 22 heavy (non-hydrogen) atoms. The van der Waals surface area contributed by atoms with Crippen molar-refractivity contribution in [3.05, 3.63) is 35.9 Å². The van der Waals surface area contributed by atoms with Gasteiger partial charge in [0.15, 0.2) is 0 Å². The average molecular weight is 322 g/mol. The first-order chi connectivity index (χ1) is 10.1. The number of likely N-dealkylation sites (N-methyl/N-ethyl adjacent to an activating group) is 1. The fraction of sp³-hybridized carbons (Fsp3) is 0.385. The number of benzene rings is 1. The molecule has 0 radical (unpaired) electrons. The number of hydrogen-bond donors (Lipinski definition) is 2. The van der Waals surface area contributed by atoms with Crippen molar-refractivity contribution in [3.8, 4) is 0 Å². The van der Waals surface area contributed by atoms with Gasteiger partial charge in [0.25, 0.3) is 5.91 Å². The van der Waals surface area contributed by atoms with Gasteiger partial charge in [0.2, 0.25) is 0 Å². The van der Waals surface area contributed by atoms with Crippen LogP contribution in [0.5, 0.6) is 0 Å². The van der Waals surface area contributed by atoms with Gasteiger partial charge in [-0.2, -0.15) is 13.2 Å². The lowest BCUT2D eigenvalue weighted by molar-refractivity contribution is -0.192. The Morgan fingerprint density at radius 3 is 2.14 bits per heavy atom. The van der Waals surface area contributed by atoms with Gasteiger partial charge in [0.1, 0.15) is 0 Å². The number of halogens is 3. The van der Waals surface area contributed by atoms with Gasteiger partial charge in [-0.15, -0.1) is 0 Å². The molecule has 124 valence electrons. The number of amides is 1. The van der Waals surface area contributed by atoms with Crippen LogP contribution in [-0.4, -0.2) is 48.4 Å². The van der Waals surface area contributed by atoms with Crippen molar-refractivity contribution in [1.29, 1.82) is 0 Å². The molecule has 0 heterocycles. The van der Waals surface area contributed by atoms with Crippen molar-refractivity contribution >= 4 is 11.9 Å². The molecule has 0 unspecified atom stereocenters. The lowest BCUT2D eigenvalue weighted by atomic mass is 10.1. The van der Waals surface area contributed by atoms with E-state index in [1.807, 2.05) is 30.3 Å². The SMILES string of the molecule is CON(C)C(=O)[C@@H](N)Cc1ccccc1.O=C(O)C(F)(F)F. The molecule has 0 aliphatic heterocycles. The molecule has 0 bridgehead atoms. The number of nitrogens with two attached hydrogens (primary N) is 1. The molecule has 0 fully saturated rings. The number of alkyl halides is 3. The van der Waals surface area contributed by atoms with E-state index in [4.69, 9.17) is 20.5 Å². The van der Waals surface area contributed by atoms with E-state index < -0.39 is 18.2 Å². The first-order valence-corrected chi connectivity index (χ1v) is 6.00. The predicted octanol–water partition coefficient (Wildman–Crippen LogP) is 1.21. The Bertz CT molecular complexity index is 480. The number of carbonyl (C=O) groups excluding carboxylic acids is 1. The molecule has 1 atom stereocenters. The highest BCUT2D eigenvalue weighted by atomic mass is 19.4. The van der Waals surface area contributed by atoms with Gasteiger partial charge >= 0.3 is 12.1 Å². The van der Waals surface area contributed by atoms with Gasteiger partial charge in [-0.05, 0) is 12.0 Å². The van der Waals surface area contributed by atoms with Gasteiger partial charge in [0, 0.05) is 7.05 Å². The van der Waals surface area contributed by atoms with Crippen LogP contribution in [0.4, 0.5) is 13.2 Å². The Hall–Kier alpha value is -2.13. The molecule has 0 saturated carbocycles. The number of aliphatic carboxylic acids is 1. The fourth-order valence-electron chi connectivity index (χ4n) is 1.28. The summed E-state index contributed by atoms with van der Waals surface area (Å²) in [6.07, 6.45) is -4.56. The summed E-state index contributed by atoms with van der Waals surface area (Å²) in [5.74, 6) is -2.98. The molecular formula is C13H17F3N2O4. The molecule has 3 N–H and O–H groups in total. The Labute approximate surface area is 125 Å². The number of hydrogen-bond acceptors (Lipinski definition) is 4. The second-order valence-electron chi connectivity index (χ2n) is 4.12. The Morgan fingerprint density at radius 1 is 1.32 bits per heavy atom. The average Bonchev–Trinajstić information content (AvgIpc) is 2.46. The number of hydroxylamine groups is 2. The lowest BCUT2D eigenvalue weighted by Crippen LogP contribution is -2.42. The summed E-state index contributed by atoms with van der Waals surface area (Å²) < 4.78 is 31.7. The maximum Gasteiger partial charge on any atom is 0.490 e. The maximum atomic E-state index is 11.6. The number of nitrogens with zero attached hydrogens (tertiary/aromatic N) is 1. The van der Waals surface area contributed by atoms with E-state index in [9.17, 15) is 18.0 Å². The monoisotopic (exact) mass is 322 g/mol. The second kappa shape index (κ2) is 9.00. The lowest BCUT2D eigenvalue weighted by Gasteiger charge is -2.18. The summed E-state index contributed by atoms with van der Waals surface area (Å²) in [5.41, 5.74) is 6.80. The molecule has 1 aromatic rings. The van der Waals surface area contributed by atoms with Crippen LogP contribution < -0.4 is 5.73 Å². The Kier molecular flexibility index (Phi) is 8.13. The Morgan fingerprint density at radius 2 is 1.77 bits per heavy atom. The topological polar surface area (TPSA) is 92.9 Å². The van der Waals surface area contributed by atoms with Crippen LogP contribution in [0, 0.1) is 0 Å². The van der Waals surface area contributed by atoms with Gasteiger partial charge in [0.05, 0.1) is 13.2 Å². The molecule has 9 heteroatoms. The molecular weight excluding hydrogens is 305 g/mol. The zero-order valence-corrected chi connectivity index (χ0v) is 12.0. The third-order valence-electron chi connectivity index (χ3n) is 2.44. The minimum absolute atomic E-state index is 0.221. The highest BCUT2D eigenvalue weighted by Crippen LogP contribution is 2.13. The summed E-state index contributed by atoms with van der Waals surface area (Å²) in [4.78, 5) is 25.2. The number of carbonyl (C=O) groups is 2. The van der Waals surface area contributed by atoms with Gasteiger partial charge in [-0.3, -0.25) is 9.63 Å². The highest BCUT2D eigenvalue weighted by molar-refractivity contribution is 5.80. The number of carboxylic acids is 1. The molecule has 6 nitrogen and oxygen atoms in total. The van der Waals surface area contributed by atoms with Crippen molar-refractivity contribution < 1.29 is 32.7 Å². The molecule has 0 aliphatic rings. The van der Waals surface area contributed by atoms with Crippen molar-refractivity contribution in [2.45, 2.75) is 18.6 Å². The standard InChI is InChI=1S/C11H16N2O2.C2HF3O2/c1-13(15-2)11(14)10(12)8-9-6-4-3-5-7-9;3-2(4,5)1(6)7/h3-7,10H,8,12H2,1-2H3;(H,6,7)/t10-;/m0./s1. The third kappa shape index (κ3) is 7.60. The van der Waals surface area contributed by atoms with E-state index in [1.54, 1.807) is 7.05 Å². The fourth-order valence-corrected chi connectivity index (χ4v) is 1.28. The number of rotatable bonds is 4. The van der Waals surface area contributed by atoms with Crippen LogP contribution in [0.25, 0.3) is 0 Å². The van der Waals surface area contributed by atoms with Crippen LogP contribution in [0.1, 0.15) is 5.56 Å². The zero-order chi connectivity index (χ0) is 17.3. The van der Waals surface area contributed by atoms with Crippen LogP contribution in [0.2, 0.25) is 0 Å².